The molecule has 0 fully saturated rings. The molecule has 0 aromatic carbocycles. The van der Waals surface area contributed by atoms with E-state index in [2.05, 4.69) is 5.18 Å². The molecule has 0 aromatic heterocycles. The van der Waals surface area contributed by atoms with E-state index in [4.69, 9.17) is 10.4 Å². The first-order valence-electron chi connectivity index (χ1n) is 2.15. The Balaban J connectivity index is 3.40. The smallest absolute Gasteiger partial charge is 0.128 e. The first-order chi connectivity index (χ1) is 3.85. The summed E-state index contributed by atoms with van der Waals surface area (Å²) in [6.07, 6.45) is 0. The van der Waals surface area contributed by atoms with Crippen LogP contribution in [0.4, 0.5) is 0 Å². The minimum atomic E-state index is -0.736. The summed E-state index contributed by atoms with van der Waals surface area (Å²) in [4.78, 5) is 9.56. The van der Waals surface area contributed by atoms with E-state index < -0.39 is 6.04 Å². The van der Waals surface area contributed by atoms with Crippen LogP contribution in [0.5, 0.6) is 0 Å². The van der Waals surface area contributed by atoms with Gasteiger partial charge in [-0.15, -0.1) is 0 Å². The molecule has 0 aliphatic carbocycles. The highest BCUT2D eigenvalue weighted by atomic mass is 16.3. The average Bonchev–Trinajstić information content (AvgIpc) is 1.83. The predicted octanol–water partition coefficient (Wildman–Crippen LogP) is 0.0274. The standard InChI is InChI=1S/C4H6N2O2/c5-2-1-4(3-7)6-8/h4,7H,1,3H2. The average molecular weight is 114 g/mol. The molecule has 44 valence electrons. The van der Waals surface area contributed by atoms with Crippen molar-refractivity contribution >= 4 is 0 Å². The molecular formula is C4H6N2O2. The van der Waals surface area contributed by atoms with E-state index in [1.54, 1.807) is 6.07 Å². The molecule has 0 heterocycles. The Kier molecular flexibility index (Phi) is 3.71. The molecule has 0 aliphatic heterocycles. The van der Waals surface area contributed by atoms with Crippen LogP contribution in [0.15, 0.2) is 5.18 Å². The van der Waals surface area contributed by atoms with E-state index in [9.17, 15) is 4.91 Å². The molecule has 0 aromatic rings. The van der Waals surface area contributed by atoms with E-state index in [0.717, 1.165) is 0 Å². The van der Waals surface area contributed by atoms with Crippen molar-refractivity contribution in [3.05, 3.63) is 4.91 Å². The van der Waals surface area contributed by atoms with Crippen LogP contribution in [0.2, 0.25) is 0 Å². The Bertz CT molecular complexity index is 107. The lowest BCUT2D eigenvalue weighted by molar-refractivity contribution is 0.267. The summed E-state index contributed by atoms with van der Waals surface area (Å²) in [5.41, 5.74) is 0. The van der Waals surface area contributed by atoms with Gasteiger partial charge in [0.15, 0.2) is 0 Å². The van der Waals surface area contributed by atoms with Crippen molar-refractivity contribution in [1.29, 1.82) is 5.26 Å². The molecule has 1 atom stereocenters. The van der Waals surface area contributed by atoms with Crippen LogP contribution >= 0.6 is 0 Å². The number of rotatable bonds is 3. The highest BCUT2D eigenvalue weighted by Gasteiger charge is 2.03. The summed E-state index contributed by atoms with van der Waals surface area (Å²) in [7, 11) is 0. The molecule has 0 amide bonds. The molecule has 8 heavy (non-hydrogen) atoms. The van der Waals surface area contributed by atoms with Crippen molar-refractivity contribution in [2.24, 2.45) is 5.18 Å². The predicted molar refractivity (Wildman–Crippen MR) is 26.9 cm³/mol. The van der Waals surface area contributed by atoms with Gasteiger partial charge in [0.05, 0.1) is 19.1 Å². The second-order valence-electron chi connectivity index (χ2n) is 1.30. The van der Waals surface area contributed by atoms with Crippen LogP contribution in [0.25, 0.3) is 0 Å². The minimum absolute atomic E-state index is 0. The zero-order valence-corrected chi connectivity index (χ0v) is 4.24. The van der Waals surface area contributed by atoms with Crippen molar-refractivity contribution in [3.8, 4) is 6.07 Å². The SMILES string of the molecule is N#CCC(CO)N=O. The second kappa shape index (κ2) is 4.22. The van der Waals surface area contributed by atoms with E-state index in [0.29, 0.717) is 0 Å². The van der Waals surface area contributed by atoms with Gasteiger partial charge in [0.1, 0.15) is 6.04 Å². The van der Waals surface area contributed by atoms with E-state index in [1.165, 1.54) is 0 Å². The Hall–Kier alpha value is -0.950. The first kappa shape index (κ1) is 7.05. The third kappa shape index (κ3) is 2.26. The topological polar surface area (TPSA) is 73.4 Å². The van der Waals surface area contributed by atoms with Gasteiger partial charge in [0, 0.05) is 0 Å². The number of nitrogens with zero attached hydrogens (tertiary/aromatic N) is 2. The highest BCUT2D eigenvalue weighted by Crippen LogP contribution is 1.92. The third-order valence-corrected chi connectivity index (χ3v) is 0.687. The van der Waals surface area contributed by atoms with Gasteiger partial charge >= 0.3 is 0 Å². The number of hydrogen-bond donors (Lipinski definition) is 1. The maximum absolute atomic E-state index is 9.56. The molecule has 1 N–H and O–H groups in total. The number of hydrogen-bond acceptors (Lipinski definition) is 4. The molecule has 1 unspecified atom stereocenters. The van der Waals surface area contributed by atoms with Gasteiger partial charge in [0.25, 0.3) is 0 Å². The molecular weight excluding hydrogens is 108 g/mol. The van der Waals surface area contributed by atoms with Crippen LogP contribution < -0.4 is 0 Å². The fourth-order valence-corrected chi connectivity index (χ4v) is 0.241. The number of nitroso groups, excluding NO2 is 1. The lowest BCUT2D eigenvalue weighted by Gasteiger charge is -1.93. The van der Waals surface area contributed by atoms with Gasteiger partial charge in [-0.1, -0.05) is 5.18 Å². The van der Waals surface area contributed by atoms with Gasteiger partial charge < -0.3 is 5.11 Å². The van der Waals surface area contributed by atoms with Crippen molar-refractivity contribution in [2.45, 2.75) is 12.5 Å². The molecule has 0 radical (unpaired) electrons. The fraction of sp³-hybridized carbons (Fsp3) is 0.750. The third-order valence-electron chi connectivity index (χ3n) is 0.687. The Labute approximate surface area is 46.7 Å². The zero-order valence-electron chi connectivity index (χ0n) is 4.24. The Morgan fingerprint density at radius 2 is 2.50 bits per heavy atom. The number of aliphatic hydroxyl groups excluding tert-OH is 1. The normalized spacial score (nSPS) is 12.0. The first-order valence-corrected chi connectivity index (χ1v) is 2.15. The molecule has 4 nitrogen and oxygen atoms in total. The maximum Gasteiger partial charge on any atom is 0.128 e. The minimum Gasteiger partial charge on any atom is -0.394 e. The van der Waals surface area contributed by atoms with E-state index >= 15 is 0 Å². The summed E-state index contributed by atoms with van der Waals surface area (Å²) < 4.78 is 0. The quantitative estimate of drug-likeness (QED) is 0.526. The van der Waals surface area contributed by atoms with E-state index in [1.807, 2.05) is 0 Å². The molecule has 4 heteroatoms. The van der Waals surface area contributed by atoms with Crippen LogP contribution in [-0.2, 0) is 0 Å². The van der Waals surface area contributed by atoms with Gasteiger partial charge in [-0.2, -0.15) is 10.2 Å². The van der Waals surface area contributed by atoms with Crippen molar-refractivity contribution in [1.82, 2.24) is 0 Å². The molecule has 0 spiro atoms. The Morgan fingerprint density at radius 3 is 2.62 bits per heavy atom. The van der Waals surface area contributed by atoms with E-state index in [-0.39, 0.29) is 13.0 Å². The number of nitriles is 1. The molecule has 0 saturated heterocycles. The molecule has 0 rings (SSSR count). The lowest BCUT2D eigenvalue weighted by atomic mass is 10.3. The summed E-state index contributed by atoms with van der Waals surface area (Å²) in [5.74, 6) is 0. The van der Waals surface area contributed by atoms with Gasteiger partial charge in [-0.05, 0) is 0 Å². The number of aliphatic hydroxyl groups is 1. The monoisotopic (exact) mass is 114 g/mol. The van der Waals surface area contributed by atoms with Crippen molar-refractivity contribution in [2.75, 3.05) is 6.61 Å². The summed E-state index contributed by atoms with van der Waals surface area (Å²) in [5, 5.41) is 18.6. The second-order valence-corrected chi connectivity index (χ2v) is 1.30. The Morgan fingerprint density at radius 1 is 1.88 bits per heavy atom. The molecule has 0 saturated carbocycles. The van der Waals surface area contributed by atoms with Gasteiger partial charge in [0.2, 0.25) is 0 Å². The van der Waals surface area contributed by atoms with Gasteiger partial charge in [-0.25, -0.2) is 0 Å². The fourth-order valence-electron chi connectivity index (χ4n) is 0.241. The largest absolute Gasteiger partial charge is 0.394 e. The summed E-state index contributed by atoms with van der Waals surface area (Å²) in [6.45, 7) is -0.336. The van der Waals surface area contributed by atoms with Crippen molar-refractivity contribution < 1.29 is 5.11 Å². The zero-order chi connectivity index (χ0) is 6.41. The highest BCUT2D eigenvalue weighted by molar-refractivity contribution is 4.79. The van der Waals surface area contributed by atoms with Crippen molar-refractivity contribution in [3.63, 3.8) is 0 Å². The molecule has 0 bridgehead atoms. The lowest BCUT2D eigenvalue weighted by Crippen LogP contribution is -2.06. The summed E-state index contributed by atoms with van der Waals surface area (Å²) in [6, 6.07) is 0.980. The van der Waals surface area contributed by atoms with Crippen LogP contribution in [0.3, 0.4) is 0 Å². The van der Waals surface area contributed by atoms with Gasteiger partial charge in [-0.3, -0.25) is 0 Å². The maximum atomic E-state index is 9.56. The van der Waals surface area contributed by atoms with Crippen LogP contribution in [0, 0.1) is 16.2 Å². The molecule has 0 aliphatic rings. The summed E-state index contributed by atoms with van der Waals surface area (Å²) >= 11 is 0. The van der Waals surface area contributed by atoms with Crippen LogP contribution in [0.1, 0.15) is 6.42 Å². The van der Waals surface area contributed by atoms with Crippen LogP contribution in [-0.4, -0.2) is 17.8 Å².